The molecule has 2 heterocycles. The fourth-order valence-electron chi connectivity index (χ4n) is 3.95. The number of ketones is 1. The highest BCUT2D eigenvalue weighted by Gasteiger charge is 2.27. The van der Waals surface area contributed by atoms with Crippen LogP contribution in [0, 0.1) is 5.82 Å². The van der Waals surface area contributed by atoms with Crippen LogP contribution in [0.15, 0.2) is 71.7 Å². The van der Waals surface area contributed by atoms with E-state index in [1.165, 1.54) is 22.8 Å². The van der Waals surface area contributed by atoms with E-state index in [0.717, 1.165) is 43.6 Å². The number of aliphatic hydroxyl groups is 1. The summed E-state index contributed by atoms with van der Waals surface area (Å²) < 4.78 is 19.9. The van der Waals surface area contributed by atoms with E-state index in [1.807, 2.05) is 19.1 Å². The summed E-state index contributed by atoms with van der Waals surface area (Å²) in [6, 6.07) is 16.4. The lowest BCUT2D eigenvalue weighted by atomic mass is 9.93. The van der Waals surface area contributed by atoms with Gasteiger partial charge < -0.3 is 14.4 Å². The number of likely N-dealkylation sites (tertiary alicyclic amines) is 1. The predicted molar refractivity (Wildman–Crippen MR) is 127 cm³/mol. The van der Waals surface area contributed by atoms with E-state index in [4.69, 9.17) is 4.74 Å². The summed E-state index contributed by atoms with van der Waals surface area (Å²) in [4.78, 5) is 27.4. The summed E-state index contributed by atoms with van der Waals surface area (Å²) in [7, 11) is 0. The van der Waals surface area contributed by atoms with Gasteiger partial charge in [-0.2, -0.15) is 0 Å². The van der Waals surface area contributed by atoms with Gasteiger partial charge in [0.05, 0.1) is 12.1 Å². The molecule has 1 aliphatic rings. The maximum Gasteiger partial charge on any atom is 0.254 e. The molecule has 0 saturated carbocycles. The maximum absolute atomic E-state index is 13.0. The van der Waals surface area contributed by atoms with Crippen LogP contribution >= 0.6 is 0 Å². The fraction of sp³-hybridized carbons (Fsp3) is 0.333. The minimum atomic E-state index is -0.572. The van der Waals surface area contributed by atoms with E-state index in [-0.39, 0.29) is 30.3 Å². The fourth-order valence-corrected chi connectivity index (χ4v) is 3.95. The Morgan fingerprint density at radius 3 is 2.32 bits per heavy atom. The second-order valence-electron chi connectivity index (χ2n) is 9.14. The van der Waals surface area contributed by atoms with Crippen LogP contribution in [0.25, 0.3) is 0 Å². The van der Waals surface area contributed by atoms with Gasteiger partial charge in [-0.1, -0.05) is 36.4 Å². The number of rotatable bonds is 8. The number of Topliss-reactive ketones (excluding diaryl/α,β-unsaturated/α-hetero) is 1. The lowest BCUT2D eigenvalue weighted by Crippen LogP contribution is -2.41. The topological polar surface area (TPSA) is 71.8 Å². The van der Waals surface area contributed by atoms with Gasteiger partial charge in [-0.15, -0.1) is 0 Å². The Balaban J connectivity index is 1.31. The second kappa shape index (κ2) is 10.3. The number of carbonyl (C=O) groups excluding carboxylic acids is 1. The Morgan fingerprint density at radius 2 is 1.68 bits per heavy atom. The number of hydrogen-bond acceptors (Lipinski definition) is 5. The van der Waals surface area contributed by atoms with Crippen LogP contribution in [0.4, 0.5) is 4.39 Å². The summed E-state index contributed by atoms with van der Waals surface area (Å²) in [6.45, 7) is 4.51. The zero-order valence-electron chi connectivity index (χ0n) is 19.2. The molecule has 1 fully saturated rings. The molecule has 1 N–H and O–H groups in total. The van der Waals surface area contributed by atoms with Gasteiger partial charge in [-0.25, -0.2) is 4.39 Å². The highest BCUT2D eigenvalue weighted by Crippen LogP contribution is 2.22. The largest absolute Gasteiger partial charge is 0.489 e. The Morgan fingerprint density at radius 1 is 1.03 bits per heavy atom. The minimum absolute atomic E-state index is 0.0579. The predicted octanol–water partition coefficient (Wildman–Crippen LogP) is 3.80. The maximum atomic E-state index is 13.0. The smallest absolute Gasteiger partial charge is 0.254 e. The summed E-state index contributed by atoms with van der Waals surface area (Å²) in [5.41, 5.74) is 1.54. The molecule has 0 unspecified atom stereocenters. The van der Waals surface area contributed by atoms with Gasteiger partial charge in [0.2, 0.25) is 0 Å². The van der Waals surface area contributed by atoms with E-state index < -0.39 is 5.60 Å². The molecule has 0 amide bonds. The van der Waals surface area contributed by atoms with Crippen LogP contribution in [0.3, 0.4) is 0 Å². The van der Waals surface area contributed by atoms with Crippen LogP contribution in [0.5, 0.6) is 5.75 Å². The van der Waals surface area contributed by atoms with E-state index >= 15 is 0 Å². The molecule has 178 valence electrons. The molecule has 2 aromatic carbocycles. The zero-order chi connectivity index (χ0) is 24.1. The molecular formula is C27H29FN2O4. The van der Waals surface area contributed by atoms with Gasteiger partial charge in [-0.05, 0) is 49.1 Å². The van der Waals surface area contributed by atoms with Gasteiger partial charge in [0.25, 0.3) is 5.56 Å². The first kappa shape index (κ1) is 23.9. The van der Waals surface area contributed by atoms with Crippen LogP contribution in [-0.2, 0) is 19.7 Å². The average Bonchev–Trinajstić information content (AvgIpc) is 2.82. The van der Waals surface area contributed by atoms with E-state index in [2.05, 4.69) is 4.90 Å². The first-order valence-corrected chi connectivity index (χ1v) is 11.4. The Kier molecular flexibility index (Phi) is 7.24. The van der Waals surface area contributed by atoms with Crippen molar-refractivity contribution in [2.75, 3.05) is 13.1 Å². The van der Waals surface area contributed by atoms with Crippen molar-refractivity contribution in [3.63, 3.8) is 0 Å². The van der Waals surface area contributed by atoms with Crippen molar-refractivity contribution in [2.24, 2.45) is 0 Å². The summed E-state index contributed by atoms with van der Waals surface area (Å²) >= 11 is 0. The standard InChI is InChI=1S/C27H29FN2O4/c1-27(33)11-14-29(15-12-27)17-20-2-6-22(7-3-20)25(31)18-30-13-10-24(16-26(30)32)34-19-21-4-8-23(28)9-5-21/h2-10,13,16,33H,11-12,14-15,17-19H2,1H3. The van der Waals surface area contributed by atoms with Crippen LogP contribution in [0.1, 0.15) is 41.3 Å². The number of aromatic nitrogens is 1. The number of halogens is 1. The van der Waals surface area contributed by atoms with Gasteiger partial charge in [0.1, 0.15) is 18.2 Å². The van der Waals surface area contributed by atoms with Crippen molar-refractivity contribution in [2.45, 2.75) is 45.1 Å². The molecule has 4 rings (SSSR count). The van der Waals surface area contributed by atoms with E-state index in [9.17, 15) is 19.1 Å². The van der Waals surface area contributed by atoms with Crippen LogP contribution < -0.4 is 10.3 Å². The van der Waals surface area contributed by atoms with E-state index in [1.54, 1.807) is 36.5 Å². The highest BCUT2D eigenvalue weighted by molar-refractivity contribution is 5.95. The molecule has 0 radical (unpaired) electrons. The van der Waals surface area contributed by atoms with Gasteiger partial charge in [0, 0.05) is 37.5 Å². The van der Waals surface area contributed by atoms with Crippen molar-refractivity contribution in [3.8, 4) is 5.75 Å². The Bertz CT molecular complexity index is 1180. The molecule has 34 heavy (non-hydrogen) atoms. The molecular weight excluding hydrogens is 435 g/mol. The van der Waals surface area contributed by atoms with Crippen molar-refractivity contribution in [3.05, 3.63) is 99.7 Å². The minimum Gasteiger partial charge on any atom is -0.489 e. The molecule has 1 aliphatic heterocycles. The molecule has 0 bridgehead atoms. The number of nitrogens with zero attached hydrogens (tertiary/aromatic N) is 2. The third-order valence-corrected chi connectivity index (χ3v) is 6.22. The van der Waals surface area contributed by atoms with Gasteiger partial charge in [0.15, 0.2) is 5.78 Å². The summed E-state index contributed by atoms with van der Waals surface area (Å²) in [5, 5.41) is 10.1. The third kappa shape index (κ3) is 6.40. The van der Waals surface area contributed by atoms with Crippen LogP contribution in [-0.4, -0.2) is 39.0 Å². The zero-order valence-corrected chi connectivity index (χ0v) is 19.2. The van der Waals surface area contributed by atoms with Crippen molar-refractivity contribution in [1.82, 2.24) is 9.47 Å². The van der Waals surface area contributed by atoms with Crippen molar-refractivity contribution < 1.29 is 19.0 Å². The molecule has 6 nitrogen and oxygen atoms in total. The average molecular weight is 465 g/mol. The Hall–Kier alpha value is -3.29. The normalized spacial score (nSPS) is 15.7. The third-order valence-electron chi connectivity index (χ3n) is 6.22. The molecule has 3 aromatic rings. The highest BCUT2D eigenvalue weighted by atomic mass is 19.1. The molecule has 7 heteroatoms. The number of benzene rings is 2. The van der Waals surface area contributed by atoms with Crippen LogP contribution in [0.2, 0.25) is 0 Å². The molecule has 0 spiro atoms. The Labute approximate surface area is 198 Å². The number of pyridine rings is 1. The molecule has 0 aliphatic carbocycles. The number of ether oxygens (including phenoxy) is 1. The molecule has 0 atom stereocenters. The first-order chi connectivity index (χ1) is 16.3. The SMILES string of the molecule is CC1(O)CCN(Cc2ccc(C(=O)Cn3ccc(OCc4ccc(F)cc4)cc3=O)cc2)CC1. The lowest BCUT2D eigenvalue weighted by Gasteiger charge is -2.35. The quantitative estimate of drug-likeness (QED) is 0.514. The summed E-state index contributed by atoms with van der Waals surface area (Å²) in [5.74, 6) is -0.0768. The number of hydrogen-bond donors (Lipinski definition) is 1. The first-order valence-electron chi connectivity index (χ1n) is 11.4. The van der Waals surface area contributed by atoms with Gasteiger partial charge in [-0.3, -0.25) is 14.5 Å². The monoisotopic (exact) mass is 464 g/mol. The molecule has 1 saturated heterocycles. The number of piperidine rings is 1. The molecule has 1 aromatic heterocycles. The lowest BCUT2D eigenvalue weighted by molar-refractivity contribution is -0.00730. The van der Waals surface area contributed by atoms with Crippen molar-refractivity contribution >= 4 is 5.78 Å². The van der Waals surface area contributed by atoms with Crippen molar-refractivity contribution in [1.29, 1.82) is 0 Å². The second-order valence-corrected chi connectivity index (χ2v) is 9.14. The van der Waals surface area contributed by atoms with Gasteiger partial charge >= 0.3 is 0 Å². The summed E-state index contributed by atoms with van der Waals surface area (Å²) in [6.07, 6.45) is 3.06. The van der Waals surface area contributed by atoms with E-state index in [0.29, 0.717) is 11.3 Å². The number of carbonyl (C=O) groups is 1.